The van der Waals surface area contributed by atoms with E-state index in [4.69, 9.17) is 41.5 Å². The fourth-order valence-corrected chi connectivity index (χ4v) is 54.4. The molecule has 0 atom stereocenters. The van der Waals surface area contributed by atoms with Gasteiger partial charge in [0, 0.05) is 38.5 Å². The van der Waals surface area contributed by atoms with E-state index in [0.29, 0.717) is 38.5 Å². The van der Waals surface area contributed by atoms with Crippen molar-refractivity contribution in [3.05, 3.63) is 24.6 Å². The molecule has 220 valence electrons. The number of hydrogen-bond acceptors (Lipinski definition) is 9. The number of allylic oxidation sites excluding steroid dienone is 2. The Bertz CT molecular complexity index is 674. The fourth-order valence-electron chi connectivity index (χ4n) is 4.95. The normalized spacial score (nSPS) is 16.1. The second-order valence-corrected chi connectivity index (χ2v) is 41.9. The minimum atomic E-state index is -3.17. The molecule has 0 spiro atoms. The van der Waals surface area contributed by atoms with Crippen LogP contribution in [0.25, 0.3) is 0 Å². The van der Waals surface area contributed by atoms with Crippen LogP contribution in [0.4, 0.5) is 0 Å². The summed E-state index contributed by atoms with van der Waals surface area (Å²) in [5.41, 5.74) is 11.7. The van der Waals surface area contributed by atoms with Gasteiger partial charge in [0.05, 0.1) is 0 Å². The second-order valence-electron chi connectivity index (χ2n) is 10.8. The van der Waals surface area contributed by atoms with Gasteiger partial charge in [-0.3, -0.25) is 0 Å². The summed E-state index contributed by atoms with van der Waals surface area (Å²) in [6.07, 6.45) is 6.94. The van der Waals surface area contributed by atoms with E-state index in [1.165, 1.54) is 0 Å². The molecule has 0 heterocycles. The molecule has 0 amide bonds. The Kier molecular flexibility index (Phi) is 15.8. The molecule has 0 aromatic carbocycles. The molecule has 4 N–H and O–H groups in total. The van der Waals surface area contributed by atoms with Gasteiger partial charge in [-0.15, -0.1) is 0 Å². The highest BCUT2D eigenvalue weighted by Gasteiger charge is 2.74. The van der Waals surface area contributed by atoms with Gasteiger partial charge >= 0.3 is 33.3 Å². The third kappa shape index (κ3) is 10.9. The van der Waals surface area contributed by atoms with E-state index < -0.39 is 48.9 Å². The third-order valence-corrected chi connectivity index (χ3v) is 45.3. The Morgan fingerprint density at radius 1 is 0.514 bits per heavy atom. The molecule has 0 unspecified atom stereocenters. The Labute approximate surface area is 233 Å². The predicted molar refractivity (Wildman–Crippen MR) is 167 cm³/mol. The van der Waals surface area contributed by atoms with Crippen LogP contribution in [-0.4, -0.2) is 75.4 Å². The molecule has 0 saturated carbocycles. The monoisotopic (exact) mass is 628 g/mol. The lowest BCUT2D eigenvalue weighted by Crippen LogP contribution is -2.84. The van der Waals surface area contributed by atoms with Gasteiger partial charge in [0.25, 0.3) is 7.35 Å². The minimum absolute atomic E-state index is 0.480. The molecule has 0 aliphatic carbocycles. The summed E-state index contributed by atoms with van der Waals surface area (Å²) in [5, 5.41) is 0. The van der Waals surface area contributed by atoms with Gasteiger partial charge in [0.2, 0.25) is 0 Å². The fraction of sp³-hybridized carbons (Fsp3) is 0.818. The van der Waals surface area contributed by atoms with Gasteiger partial charge in [0.15, 0.2) is 8.32 Å². The molecule has 0 aromatic rings. The van der Waals surface area contributed by atoms with Crippen LogP contribution >= 0.6 is 0 Å². The Morgan fingerprint density at radius 2 is 0.838 bits per heavy atom. The standard InChI is InChI=1S/C22H56N2O7Si6/c1-13-25-36(26-14-2,21-17-19-23)35(12,37(27-15-3,28-16-4)22-18-20-24)31-34(10,11)30-33(8,9)29-32(5,6)7/h17-20H,13-16,21-24H2,1-12H3. The summed E-state index contributed by atoms with van der Waals surface area (Å²) in [5.74, 6) is 0. The maximum Gasteiger partial charge on any atom is 0.354 e. The Hall–Kier alpha value is 0.101. The minimum Gasteiger partial charge on any atom is -0.437 e. The largest absolute Gasteiger partial charge is 0.437 e. The van der Waals surface area contributed by atoms with Gasteiger partial charge in [-0.25, -0.2) is 0 Å². The zero-order chi connectivity index (χ0) is 29.0. The first-order valence-electron chi connectivity index (χ1n) is 13.4. The average Bonchev–Trinajstić information content (AvgIpc) is 2.73. The first-order valence-corrected chi connectivity index (χ1v) is 30.9. The van der Waals surface area contributed by atoms with Crippen LogP contribution in [0, 0.1) is 0 Å². The molecule has 0 rings (SSSR count). The van der Waals surface area contributed by atoms with Crippen molar-refractivity contribution in [3.63, 3.8) is 0 Å². The highest BCUT2D eigenvalue weighted by atomic mass is 29.7. The lowest BCUT2D eigenvalue weighted by molar-refractivity contribution is 0.180. The van der Waals surface area contributed by atoms with Crippen molar-refractivity contribution < 1.29 is 30.0 Å². The van der Waals surface area contributed by atoms with Crippen LogP contribution in [0.2, 0.25) is 64.5 Å². The van der Waals surface area contributed by atoms with E-state index in [-0.39, 0.29) is 0 Å². The summed E-state index contributed by atoms with van der Waals surface area (Å²) in [7, 11) is -16.6. The van der Waals surface area contributed by atoms with E-state index in [1.54, 1.807) is 12.4 Å². The predicted octanol–water partition coefficient (Wildman–Crippen LogP) is 4.98. The summed E-state index contributed by atoms with van der Waals surface area (Å²) >= 11 is 0. The molecule has 0 saturated heterocycles. The van der Waals surface area contributed by atoms with Gasteiger partial charge in [0.1, 0.15) is 0 Å². The SMILES string of the molecule is CCO[Si](CC=CN)(OCC)[Si](C)(O[Si](C)(C)O[Si](C)(C)O[Si](C)(C)C)[Si](CC=CN)(OCC)OCC. The van der Waals surface area contributed by atoms with Crippen molar-refractivity contribution in [1.82, 2.24) is 0 Å². The van der Waals surface area contributed by atoms with E-state index in [2.05, 4.69) is 52.4 Å². The quantitative estimate of drug-likeness (QED) is 0.180. The van der Waals surface area contributed by atoms with Crippen molar-refractivity contribution >= 4 is 48.9 Å². The van der Waals surface area contributed by atoms with Crippen molar-refractivity contribution in [2.24, 2.45) is 11.5 Å². The van der Waals surface area contributed by atoms with Gasteiger partial charge in [-0.2, -0.15) is 0 Å². The topological polar surface area (TPSA) is 117 Å². The molecular formula is C22H56N2O7Si6. The van der Waals surface area contributed by atoms with Crippen LogP contribution in [-0.2, 0) is 30.0 Å². The highest BCUT2D eigenvalue weighted by Crippen LogP contribution is 2.41. The Morgan fingerprint density at radius 3 is 1.11 bits per heavy atom. The lowest BCUT2D eigenvalue weighted by atomic mass is 10.7. The summed E-state index contributed by atoms with van der Waals surface area (Å²) in [6, 6.07) is 1.07. The van der Waals surface area contributed by atoms with Crippen molar-refractivity contribution in [1.29, 1.82) is 0 Å². The molecule has 0 aliphatic heterocycles. The highest BCUT2D eigenvalue weighted by molar-refractivity contribution is 7.63. The molecule has 0 fully saturated rings. The molecular weight excluding hydrogens is 573 g/mol. The molecule has 0 radical (unpaired) electrons. The van der Waals surface area contributed by atoms with Crippen LogP contribution in [0.3, 0.4) is 0 Å². The zero-order valence-electron chi connectivity index (χ0n) is 25.6. The number of hydrogen-bond donors (Lipinski definition) is 2. The lowest BCUT2D eigenvalue weighted by Gasteiger charge is -2.53. The van der Waals surface area contributed by atoms with Crippen molar-refractivity contribution in [2.75, 3.05) is 26.4 Å². The van der Waals surface area contributed by atoms with Gasteiger partial charge < -0.3 is 41.5 Å². The van der Waals surface area contributed by atoms with E-state index in [9.17, 15) is 0 Å². The maximum atomic E-state index is 7.41. The van der Waals surface area contributed by atoms with E-state index >= 15 is 0 Å². The van der Waals surface area contributed by atoms with Crippen molar-refractivity contribution in [2.45, 2.75) is 92.2 Å². The van der Waals surface area contributed by atoms with Crippen molar-refractivity contribution in [3.8, 4) is 0 Å². The van der Waals surface area contributed by atoms with E-state index in [1.807, 2.05) is 39.8 Å². The first kappa shape index (κ1) is 37.1. The van der Waals surface area contributed by atoms with Crippen LogP contribution < -0.4 is 11.5 Å². The number of rotatable bonds is 20. The molecule has 9 nitrogen and oxygen atoms in total. The number of nitrogens with two attached hydrogens (primary N) is 2. The molecule has 0 bridgehead atoms. The maximum absolute atomic E-state index is 7.41. The molecule has 15 heteroatoms. The second kappa shape index (κ2) is 15.8. The molecule has 37 heavy (non-hydrogen) atoms. The average molecular weight is 629 g/mol. The first-order chi connectivity index (χ1) is 17.0. The summed E-state index contributed by atoms with van der Waals surface area (Å²) in [6.45, 7) is 27.0. The van der Waals surface area contributed by atoms with Crippen LogP contribution in [0.5, 0.6) is 0 Å². The van der Waals surface area contributed by atoms with Gasteiger partial charge in [-0.1, -0.05) is 12.2 Å². The van der Waals surface area contributed by atoms with Gasteiger partial charge in [-0.05, 0) is 92.5 Å². The van der Waals surface area contributed by atoms with E-state index in [0.717, 1.165) is 0 Å². The van der Waals surface area contributed by atoms with Crippen LogP contribution in [0.1, 0.15) is 27.7 Å². The summed E-state index contributed by atoms with van der Waals surface area (Å²) < 4.78 is 47.6. The molecule has 0 aliphatic rings. The zero-order valence-corrected chi connectivity index (χ0v) is 31.6. The third-order valence-electron chi connectivity index (χ3n) is 5.50. The molecule has 0 aromatic heterocycles. The van der Waals surface area contributed by atoms with Crippen LogP contribution in [0.15, 0.2) is 24.6 Å². The smallest absolute Gasteiger partial charge is 0.354 e. The summed E-state index contributed by atoms with van der Waals surface area (Å²) in [4.78, 5) is 0. The Balaban J connectivity index is 7.24.